The Morgan fingerprint density at radius 2 is 1.77 bits per heavy atom. The van der Waals surface area contributed by atoms with Crippen molar-refractivity contribution in [3.05, 3.63) is 64.0 Å². The fourth-order valence-corrected chi connectivity index (χ4v) is 2.83. The molecule has 0 aliphatic heterocycles. The third-order valence-corrected chi connectivity index (χ3v) is 4.09. The van der Waals surface area contributed by atoms with Crippen molar-refractivity contribution < 1.29 is 9.13 Å². The molecule has 0 bridgehead atoms. The monoisotopic (exact) mass is 337 g/mol. The Kier molecular flexibility index (Phi) is 4.55. The van der Waals surface area contributed by atoms with E-state index in [4.69, 9.17) is 27.9 Å². The summed E-state index contributed by atoms with van der Waals surface area (Å²) in [6, 6.07) is 10.1. The van der Waals surface area contributed by atoms with Crippen LogP contribution < -0.4 is 4.74 Å². The fraction of sp³-hybridized carbons (Fsp3) is 0.176. The summed E-state index contributed by atoms with van der Waals surface area (Å²) in [6.07, 6.45) is 3.36. The number of benzene rings is 2. The molecule has 5 heteroatoms. The first kappa shape index (κ1) is 15.2. The molecule has 3 aromatic rings. The summed E-state index contributed by atoms with van der Waals surface area (Å²) in [5, 5.41) is 2.00. The van der Waals surface area contributed by atoms with Crippen molar-refractivity contribution in [2.24, 2.45) is 0 Å². The van der Waals surface area contributed by atoms with Gasteiger partial charge in [-0.1, -0.05) is 35.3 Å². The molecule has 22 heavy (non-hydrogen) atoms. The molecule has 0 aliphatic carbocycles. The van der Waals surface area contributed by atoms with Crippen molar-refractivity contribution in [2.45, 2.75) is 12.8 Å². The molecule has 1 heterocycles. The first-order chi connectivity index (χ1) is 10.6. The summed E-state index contributed by atoms with van der Waals surface area (Å²) in [5.74, 6) is 0.496. The smallest absolute Gasteiger partial charge is 0.130 e. The van der Waals surface area contributed by atoms with E-state index in [1.54, 1.807) is 24.4 Å². The van der Waals surface area contributed by atoms with Crippen LogP contribution in [0.5, 0.6) is 5.75 Å². The molecule has 0 amide bonds. The van der Waals surface area contributed by atoms with Gasteiger partial charge in [0, 0.05) is 6.20 Å². The SMILES string of the molecule is Fc1ccc(CCCOc2ccc(Cl)c3[nH]cc(Cl)c23)cc1. The predicted molar refractivity (Wildman–Crippen MR) is 88.5 cm³/mol. The van der Waals surface area contributed by atoms with Gasteiger partial charge in [0.2, 0.25) is 0 Å². The van der Waals surface area contributed by atoms with E-state index >= 15 is 0 Å². The number of rotatable bonds is 5. The molecule has 0 atom stereocenters. The number of aryl methyl sites for hydroxylation is 1. The van der Waals surface area contributed by atoms with Gasteiger partial charge in [0.1, 0.15) is 11.6 Å². The second kappa shape index (κ2) is 6.59. The van der Waals surface area contributed by atoms with Crippen LogP contribution in [-0.4, -0.2) is 11.6 Å². The normalized spacial score (nSPS) is 11.0. The molecule has 0 saturated heterocycles. The lowest BCUT2D eigenvalue weighted by Crippen LogP contribution is -2.00. The van der Waals surface area contributed by atoms with Crippen LogP contribution in [-0.2, 0) is 6.42 Å². The van der Waals surface area contributed by atoms with Crippen molar-refractivity contribution in [3.63, 3.8) is 0 Å². The lowest BCUT2D eigenvalue weighted by molar-refractivity contribution is 0.314. The Morgan fingerprint density at radius 3 is 2.55 bits per heavy atom. The summed E-state index contributed by atoms with van der Waals surface area (Å²) in [6.45, 7) is 0.551. The van der Waals surface area contributed by atoms with Crippen LogP contribution in [0.3, 0.4) is 0 Å². The van der Waals surface area contributed by atoms with E-state index in [1.807, 2.05) is 6.07 Å². The number of H-pyrrole nitrogens is 1. The van der Waals surface area contributed by atoms with Crippen LogP contribution >= 0.6 is 23.2 Å². The Morgan fingerprint density at radius 1 is 1.00 bits per heavy atom. The lowest BCUT2D eigenvalue weighted by Gasteiger charge is -2.09. The summed E-state index contributed by atoms with van der Waals surface area (Å²) in [5.41, 5.74) is 1.87. The van der Waals surface area contributed by atoms with Crippen LogP contribution in [0.1, 0.15) is 12.0 Å². The highest BCUT2D eigenvalue weighted by Gasteiger charge is 2.11. The minimum atomic E-state index is -0.217. The maximum Gasteiger partial charge on any atom is 0.130 e. The van der Waals surface area contributed by atoms with Crippen LogP contribution in [0.4, 0.5) is 4.39 Å². The summed E-state index contributed by atoms with van der Waals surface area (Å²) in [7, 11) is 0. The molecule has 0 fully saturated rings. The topological polar surface area (TPSA) is 25.0 Å². The van der Waals surface area contributed by atoms with Gasteiger partial charge in [-0.2, -0.15) is 0 Å². The molecular weight excluding hydrogens is 324 g/mol. The fourth-order valence-electron chi connectivity index (χ4n) is 2.37. The Balaban J connectivity index is 1.63. The van der Waals surface area contributed by atoms with E-state index in [0.717, 1.165) is 29.3 Å². The molecule has 3 rings (SSSR count). The molecular formula is C17H14Cl2FNO. The molecule has 2 nitrogen and oxygen atoms in total. The van der Waals surface area contributed by atoms with E-state index in [0.29, 0.717) is 22.4 Å². The van der Waals surface area contributed by atoms with Gasteiger partial charge in [-0.05, 0) is 42.7 Å². The summed E-state index contributed by atoms with van der Waals surface area (Å²) >= 11 is 12.3. The van der Waals surface area contributed by atoms with Crippen LogP contribution in [0.25, 0.3) is 10.9 Å². The minimum Gasteiger partial charge on any atom is -0.493 e. The zero-order chi connectivity index (χ0) is 15.5. The number of ether oxygens (including phenoxy) is 1. The Hall–Kier alpha value is -1.71. The lowest BCUT2D eigenvalue weighted by atomic mass is 10.1. The number of hydrogen-bond donors (Lipinski definition) is 1. The standard InChI is InChI=1S/C17H14Cl2FNO/c18-13-7-8-15(16-14(19)10-21-17(13)16)22-9-1-2-11-3-5-12(20)6-4-11/h3-8,10,21H,1-2,9H2. The van der Waals surface area contributed by atoms with Gasteiger partial charge < -0.3 is 9.72 Å². The number of aromatic amines is 1. The maximum atomic E-state index is 12.8. The number of hydrogen-bond acceptors (Lipinski definition) is 1. The second-order valence-electron chi connectivity index (χ2n) is 5.01. The van der Waals surface area contributed by atoms with E-state index in [2.05, 4.69) is 4.98 Å². The van der Waals surface area contributed by atoms with E-state index in [-0.39, 0.29) is 5.82 Å². The van der Waals surface area contributed by atoms with Crippen LogP contribution in [0.2, 0.25) is 10.0 Å². The van der Waals surface area contributed by atoms with Gasteiger partial charge in [0.15, 0.2) is 0 Å². The number of nitrogens with one attached hydrogen (secondary N) is 1. The Bertz CT molecular complexity index is 783. The number of fused-ring (bicyclic) bond motifs is 1. The number of aromatic nitrogens is 1. The highest BCUT2D eigenvalue weighted by molar-refractivity contribution is 6.40. The molecule has 0 spiro atoms. The first-order valence-corrected chi connectivity index (χ1v) is 7.73. The maximum absolute atomic E-state index is 12.8. The van der Waals surface area contributed by atoms with Gasteiger partial charge in [-0.3, -0.25) is 0 Å². The van der Waals surface area contributed by atoms with E-state index in [9.17, 15) is 4.39 Å². The van der Waals surface area contributed by atoms with Crippen molar-refractivity contribution in [3.8, 4) is 5.75 Å². The quantitative estimate of drug-likeness (QED) is 0.600. The average molecular weight is 338 g/mol. The van der Waals surface area contributed by atoms with Crippen LogP contribution in [0, 0.1) is 5.82 Å². The molecule has 2 aromatic carbocycles. The Labute approximate surface area is 137 Å². The highest BCUT2D eigenvalue weighted by Crippen LogP contribution is 2.36. The molecule has 0 radical (unpaired) electrons. The zero-order valence-corrected chi connectivity index (χ0v) is 13.2. The molecule has 0 aliphatic rings. The number of halogens is 3. The summed E-state index contributed by atoms with van der Waals surface area (Å²) < 4.78 is 18.7. The van der Waals surface area contributed by atoms with Gasteiger partial charge in [0.25, 0.3) is 0 Å². The largest absolute Gasteiger partial charge is 0.493 e. The molecule has 1 aromatic heterocycles. The van der Waals surface area contributed by atoms with E-state index in [1.165, 1.54) is 12.1 Å². The summed E-state index contributed by atoms with van der Waals surface area (Å²) in [4.78, 5) is 3.04. The van der Waals surface area contributed by atoms with Crippen molar-refractivity contribution in [2.75, 3.05) is 6.61 Å². The van der Waals surface area contributed by atoms with Crippen molar-refractivity contribution in [1.82, 2.24) is 4.98 Å². The average Bonchev–Trinajstić information content (AvgIpc) is 2.91. The first-order valence-electron chi connectivity index (χ1n) is 6.97. The van der Waals surface area contributed by atoms with Crippen LogP contribution in [0.15, 0.2) is 42.6 Å². The van der Waals surface area contributed by atoms with E-state index < -0.39 is 0 Å². The van der Waals surface area contributed by atoms with Gasteiger partial charge in [-0.25, -0.2) is 4.39 Å². The molecule has 0 unspecified atom stereocenters. The third-order valence-electron chi connectivity index (χ3n) is 3.48. The predicted octanol–water partition coefficient (Wildman–Crippen LogP) is 5.63. The molecule has 1 N–H and O–H groups in total. The van der Waals surface area contributed by atoms with Gasteiger partial charge in [-0.15, -0.1) is 0 Å². The molecule has 114 valence electrons. The van der Waals surface area contributed by atoms with Crippen molar-refractivity contribution in [1.29, 1.82) is 0 Å². The third kappa shape index (κ3) is 3.21. The molecule has 0 saturated carbocycles. The second-order valence-corrected chi connectivity index (χ2v) is 5.83. The van der Waals surface area contributed by atoms with Gasteiger partial charge in [0.05, 0.1) is 27.6 Å². The zero-order valence-electron chi connectivity index (χ0n) is 11.7. The van der Waals surface area contributed by atoms with Crippen molar-refractivity contribution >= 4 is 34.1 Å². The van der Waals surface area contributed by atoms with Gasteiger partial charge >= 0.3 is 0 Å². The minimum absolute atomic E-state index is 0.217. The highest BCUT2D eigenvalue weighted by atomic mass is 35.5.